The standard InChI is InChI=1S/C48H103N6O6/c1-17-23-40(11)36-57-54-48(28-30-49-55-31-22-24-37(6)7,46(21-5)53-56-32-26-39(10)19-3)45(35-52-60-47(15,16)27-18-2)44(34-51-59-43(14)41(12)20-4)25-29-50-58-42(13)33-38(8)9/h37-45,49-54H,17-36H2,1-16H3. The van der Waals surface area contributed by atoms with Crippen LogP contribution < -0.4 is 32.9 Å². The smallest absolute Gasteiger partial charge is 0.0859 e. The molecule has 1 radical (unpaired) electrons. The minimum absolute atomic E-state index is 0.0515. The van der Waals surface area contributed by atoms with Gasteiger partial charge in [-0.15, -0.1) is 0 Å². The lowest BCUT2D eigenvalue weighted by molar-refractivity contribution is -0.126. The first-order valence-corrected chi connectivity index (χ1v) is 24.7. The molecule has 0 aliphatic heterocycles. The Labute approximate surface area is 372 Å². The molecule has 0 saturated carbocycles. The van der Waals surface area contributed by atoms with Gasteiger partial charge in [-0.05, 0) is 121 Å². The Balaban J connectivity index is 7.34. The summed E-state index contributed by atoms with van der Waals surface area (Å²) in [6, 6.07) is 1.03. The Morgan fingerprint density at radius 3 is 1.97 bits per heavy atom. The lowest BCUT2D eigenvalue weighted by Gasteiger charge is -2.49. The molecule has 0 heterocycles. The summed E-state index contributed by atoms with van der Waals surface area (Å²) in [4.78, 5) is 38.2. The quantitative estimate of drug-likeness (QED) is 0.0258. The average molecular weight is 860 g/mol. The van der Waals surface area contributed by atoms with Crippen molar-refractivity contribution < 1.29 is 29.0 Å². The van der Waals surface area contributed by atoms with Crippen LogP contribution in [0.2, 0.25) is 0 Å². The maximum atomic E-state index is 6.68. The highest BCUT2D eigenvalue weighted by atomic mass is 16.7. The lowest BCUT2D eigenvalue weighted by Crippen LogP contribution is -2.65. The van der Waals surface area contributed by atoms with E-state index in [0.29, 0.717) is 88.4 Å². The minimum atomic E-state index is -0.739. The molecule has 0 rings (SSSR count). The Morgan fingerprint density at radius 2 is 1.35 bits per heavy atom. The van der Waals surface area contributed by atoms with E-state index >= 15 is 0 Å². The molecule has 0 aromatic rings. The predicted molar refractivity (Wildman–Crippen MR) is 251 cm³/mol. The first-order valence-electron chi connectivity index (χ1n) is 24.7. The van der Waals surface area contributed by atoms with Crippen LogP contribution in [-0.2, 0) is 29.0 Å². The van der Waals surface area contributed by atoms with E-state index in [1.54, 1.807) is 0 Å². The van der Waals surface area contributed by atoms with Gasteiger partial charge >= 0.3 is 0 Å². The van der Waals surface area contributed by atoms with Crippen molar-refractivity contribution in [2.75, 3.05) is 46.0 Å². The maximum Gasteiger partial charge on any atom is 0.0859 e. The fourth-order valence-electron chi connectivity index (χ4n) is 7.74. The third-order valence-corrected chi connectivity index (χ3v) is 12.1. The summed E-state index contributed by atoms with van der Waals surface area (Å²) in [5.74, 6) is 2.54. The molecule has 361 valence electrons. The van der Waals surface area contributed by atoms with Gasteiger partial charge in [-0.3, -0.25) is 14.5 Å². The largest absolute Gasteiger partial charge is 0.302 e. The van der Waals surface area contributed by atoms with Gasteiger partial charge in [-0.2, -0.15) is 11.0 Å². The van der Waals surface area contributed by atoms with E-state index in [9.17, 15) is 0 Å². The molecule has 0 bridgehead atoms. The van der Waals surface area contributed by atoms with E-state index in [-0.39, 0.29) is 29.6 Å². The second-order valence-electron chi connectivity index (χ2n) is 19.5. The van der Waals surface area contributed by atoms with Gasteiger partial charge in [-0.1, -0.05) is 109 Å². The lowest BCUT2D eigenvalue weighted by atomic mass is 9.68. The zero-order valence-corrected chi connectivity index (χ0v) is 42.3. The second-order valence-corrected chi connectivity index (χ2v) is 19.5. The summed E-state index contributed by atoms with van der Waals surface area (Å²) in [5.41, 5.74) is 19.9. The highest BCUT2D eigenvalue weighted by Crippen LogP contribution is 2.39. The minimum Gasteiger partial charge on any atom is -0.302 e. The van der Waals surface area contributed by atoms with Crippen LogP contribution in [0.4, 0.5) is 0 Å². The van der Waals surface area contributed by atoms with Crippen LogP contribution in [0.25, 0.3) is 0 Å². The second kappa shape index (κ2) is 35.8. The van der Waals surface area contributed by atoms with Gasteiger partial charge in [0.2, 0.25) is 0 Å². The number of hydroxylamine groups is 6. The summed E-state index contributed by atoms with van der Waals surface area (Å²) >= 11 is 0. The highest BCUT2D eigenvalue weighted by Gasteiger charge is 2.49. The predicted octanol–water partition coefficient (Wildman–Crippen LogP) is 10.6. The van der Waals surface area contributed by atoms with Crippen molar-refractivity contribution in [3.05, 3.63) is 6.04 Å². The zero-order valence-electron chi connectivity index (χ0n) is 42.3. The molecule has 8 unspecified atom stereocenters. The van der Waals surface area contributed by atoms with Crippen LogP contribution in [-0.4, -0.2) is 69.3 Å². The van der Waals surface area contributed by atoms with Crippen LogP contribution in [0.15, 0.2) is 0 Å². The van der Waals surface area contributed by atoms with Crippen molar-refractivity contribution in [2.24, 2.45) is 41.4 Å². The molecule has 0 amide bonds. The van der Waals surface area contributed by atoms with Crippen LogP contribution >= 0.6 is 0 Å². The average Bonchev–Trinajstić information content (AvgIpc) is 3.18. The Bertz CT molecular complexity index is 966. The van der Waals surface area contributed by atoms with Crippen molar-refractivity contribution in [1.29, 1.82) is 0 Å². The summed E-state index contributed by atoms with van der Waals surface area (Å²) in [6.07, 6.45) is 12.8. The summed E-state index contributed by atoms with van der Waals surface area (Å²) in [6.45, 7) is 39.7. The molecular weight excluding hydrogens is 757 g/mol. The van der Waals surface area contributed by atoms with E-state index in [1.165, 1.54) is 0 Å². The Hall–Kier alpha value is -0.480. The van der Waals surface area contributed by atoms with E-state index in [4.69, 9.17) is 29.0 Å². The highest BCUT2D eigenvalue weighted by molar-refractivity contribution is 5.14. The van der Waals surface area contributed by atoms with E-state index in [2.05, 4.69) is 144 Å². The first-order chi connectivity index (χ1) is 28.5. The Morgan fingerprint density at radius 1 is 0.617 bits per heavy atom. The topological polar surface area (TPSA) is 128 Å². The molecule has 60 heavy (non-hydrogen) atoms. The molecule has 8 atom stereocenters. The summed E-state index contributed by atoms with van der Waals surface area (Å²) in [5, 5.41) is 0. The van der Waals surface area contributed by atoms with Crippen LogP contribution in [0.5, 0.6) is 0 Å². The maximum absolute atomic E-state index is 6.68. The molecule has 0 saturated heterocycles. The van der Waals surface area contributed by atoms with E-state index in [0.717, 1.165) is 76.7 Å². The number of hydrogen-bond donors (Lipinski definition) is 6. The molecule has 12 heteroatoms. The third-order valence-electron chi connectivity index (χ3n) is 12.1. The van der Waals surface area contributed by atoms with Crippen LogP contribution in [0.1, 0.15) is 194 Å². The summed E-state index contributed by atoms with van der Waals surface area (Å²) in [7, 11) is 0. The van der Waals surface area contributed by atoms with E-state index < -0.39 is 5.54 Å². The van der Waals surface area contributed by atoms with Gasteiger partial charge in [0, 0.05) is 32.1 Å². The van der Waals surface area contributed by atoms with Gasteiger partial charge in [-0.25, -0.2) is 21.9 Å². The molecule has 0 aromatic heterocycles. The van der Waals surface area contributed by atoms with Crippen molar-refractivity contribution in [2.45, 2.75) is 218 Å². The number of hydrogen-bond acceptors (Lipinski definition) is 12. The van der Waals surface area contributed by atoms with Gasteiger partial charge in [0.1, 0.15) is 0 Å². The molecule has 0 aromatic carbocycles. The number of rotatable bonds is 43. The van der Waals surface area contributed by atoms with Crippen molar-refractivity contribution in [1.82, 2.24) is 32.9 Å². The first kappa shape index (κ1) is 59.5. The third kappa shape index (κ3) is 27.6. The fourth-order valence-corrected chi connectivity index (χ4v) is 7.74. The van der Waals surface area contributed by atoms with Gasteiger partial charge in [0.05, 0.1) is 49.2 Å². The molecular formula is C48H103N6O6. The van der Waals surface area contributed by atoms with Crippen molar-refractivity contribution >= 4 is 0 Å². The van der Waals surface area contributed by atoms with Gasteiger partial charge < -0.3 is 14.5 Å². The number of nitrogens with one attached hydrogen (secondary N) is 6. The Kier molecular flexibility index (Phi) is 35.5. The van der Waals surface area contributed by atoms with E-state index in [1.807, 2.05) is 0 Å². The molecule has 0 aliphatic rings. The van der Waals surface area contributed by atoms with Crippen LogP contribution in [0, 0.1) is 47.5 Å². The summed E-state index contributed by atoms with van der Waals surface area (Å²) < 4.78 is 0. The molecule has 0 aliphatic carbocycles. The fraction of sp³-hybridized carbons (Fsp3) is 0.979. The molecule has 0 spiro atoms. The van der Waals surface area contributed by atoms with Crippen molar-refractivity contribution in [3.8, 4) is 0 Å². The van der Waals surface area contributed by atoms with Gasteiger partial charge in [0.15, 0.2) is 0 Å². The van der Waals surface area contributed by atoms with Crippen LogP contribution in [0.3, 0.4) is 0 Å². The molecule has 6 N–H and O–H groups in total. The normalized spacial score (nSPS) is 17.2. The molecule has 0 fully saturated rings. The SMILES string of the molecule is CCCC(C)CONC(CCNOCCCC(C)C)([C](CC)NOCCC(C)CC)C(CNOC(C)(C)CCC)C(CCNOC(C)CC(C)C)CNOC(C)C(C)CC. The monoisotopic (exact) mass is 860 g/mol. The van der Waals surface area contributed by atoms with Crippen molar-refractivity contribution in [3.63, 3.8) is 0 Å². The van der Waals surface area contributed by atoms with Gasteiger partial charge in [0.25, 0.3) is 0 Å². The molecule has 12 nitrogen and oxygen atoms in total. The zero-order chi connectivity index (χ0) is 45.4.